The van der Waals surface area contributed by atoms with Crippen LogP contribution in [0, 0.1) is 10.1 Å². The summed E-state index contributed by atoms with van der Waals surface area (Å²) in [5.41, 5.74) is 0.442. The third-order valence-electron chi connectivity index (χ3n) is 3.18. The Bertz CT molecular complexity index is 487. The molecular weight excluding hydrogens is 262 g/mol. The van der Waals surface area contributed by atoms with Gasteiger partial charge in [0.2, 0.25) is 0 Å². The molecule has 0 aromatic heterocycles. The van der Waals surface area contributed by atoms with Crippen molar-refractivity contribution >= 4 is 11.6 Å². The van der Waals surface area contributed by atoms with E-state index in [0.29, 0.717) is 31.8 Å². The van der Waals surface area contributed by atoms with Crippen LogP contribution >= 0.6 is 0 Å². The standard InChI is InChI=1S/C13H17N3O4/c1-14-8-12-9-15(6-7-20-12)13(17)10-2-4-11(5-3-10)16(18)19/h2-5,12,14H,6-9H2,1H3. The summed E-state index contributed by atoms with van der Waals surface area (Å²) in [5, 5.41) is 13.6. The molecule has 0 radical (unpaired) electrons. The highest BCUT2D eigenvalue weighted by molar-refractivity contribution is 5.94. The van der Waals surface area contributed by atoms with Gasteiger partial charge in [0.1, 0.15) is 0 Å². The number of hydrogen-bond donors (Lipinski definition) is 1. The number of nitrogens with zero attached hydrogens (tertiary/aromatic N) is 2. The Balaban J connectivity index is 2.04. The van der Waals surface area contributed by atoms with Crippen LogP contribution in [0.2, 0.25) is 0 Å². The van der Waals surface area contributed by atoms with Crippen LogP contribution in [-0.4, -0.2) is 55.1 Å². The molecule has 0 aliphatic carbocycles. The Morgan fingerprint density at radius 2 is 2.20 bits per heavy atom. The number of non-ortho nitro benzene ring substituents is 1. The van der Waals surface area contributed by atoms with E-state index in [9.17, 15) is 14.9 Å². The van der Waals surface area contributed by atoms with Crippen LogP contribution < -0.4 is 5.32 Å². The van der Waals surface area contributed by atoms with E-state index >= 15 is 0 Å². The summed E-state index contributed by atoms with van der Waals surface area (Å²) in [6.07, 6.45) is -0.0178. The fourth-order valence-corrected chi connectivity index (χ4v) is 2.16. The maximum absolute atomic E-state index is 12.3. The second-order valence-corrected chi connectivity index (χ2v) is 4.61. The molecule has 0 spiro atoms. The monoisotopic (exact) mass is 279 g/mol. The van der Waals surface area contributed by atoms with Crippen molar-refractivity contribution < 1.29 is 14.5 Å². The van der Waals surface area contributed by atoms with Crippen LogP contribution in [0.3, 0.4) is 0 Å². The molecule has 7 nitrogen and oxygen atoms in total. The highest BCUT2D eigenvalue weighted by atomic mass is 16.6. The second-order valence-electron chi connectivity index (χ2n) is 4.61. The van der Waals surface area contributed by atoms with E-state index < -0.39 is 4.92 Å². The molecule has 0 saturated carbocycles. The van der Waals surface area contributed by atoms with Gasteiger partial charge in [-0.1, -0.05) is 0 Å². The van der Waals surface area contributed by atoms with Gasteiger partial charge in [0.25, 0.3) is 11.6 Å². The average Bonchev–Trinajstić information content (AvgIpc) is 2.47. The first kappa shape index (κ1) is 14.4. The van der Waals surface area contributed by atoms with Crippen molar-refractivity contribution in [1.82, 2.24) is 10.2 Å². The molecule has 20 heavy (non-hydrogen) atoms. The molecule has 1 aromatic rings. The first-order valence-electron chi connectivity index (χ1n) is 6.41. The maximum atomic E-state index is 12.3. The number of nitro groups is 1. The number of nitrogens with one attached hydrogen (secondary N) is 1. The van der Waals surface area contributed by atoms with E-state index in [-0.39, 0.29) is 17.7 Å². The van der Waals surface area contributed by atoms with Gasteiger partial charge in [0.05, 0.1) is 17.6 Å². The number of ether oxygens (including phenoxy) is 1. The Kier molecular flexibility index (Phi) is 4.65. The first-order chi connectivity index (χ1) is 9.61. The Morgan fingerprint density at radius 1 is 1.50 bits per heavy atom. The third kappa shape index (κ3) is 3.31. The number of carbonyl (C=O) groups is 1. The van der Waals surface area contributed by atoms with Gasteiger partial charge in [-0.15, -0.1) is 0 Å². The van der Waals surface area contributed by atoms with Crippen LogP contribution in [0.1, 0.15) is 10.4 Å². The molecule has 1 amide bonds. The van der Waals surface area contributed by atoms with Gasteiger partial charge in [0.15, 0.2) is 0 Å². The molecule has 1 fully saturated rings. The lowest BCUT2D eigenvalue weighted by atomic mass is 10.1. The SMILES string of the molecule is CNCC1CN(C(=O)c2ccc([N+](=O)[O-])cc2)CCO1. The molecule has 1 unspecified atom stereocenters. The number of amides is 1. The Morgan fingerprint density at radius 3 is 2.80 bits per heavy atom. The maximum Gasteiger partial charge on any atom is 0.269 e. The summed E-state index contributed by atoms with van der Waals surface area (Å²) in [7, 11) is 1.83. The number of morpholine rings is 1. The summed E-state index contributed by atoms with van der Waals surface area (Å²) in [5.74, 6) is -0.121. The summed E-state index contributed by atoms with van der Waals surface area (Å²) >= 11 is 0. The lowest BCUT2D eigenvalue weighted by Gasteiger charge is -2.33. The molecule has 1 saturated heterocycles. The van der Waals surface area contributed by atoms with Crippen molar-refractivity contribution in [2.24, 2.45) is 0 Å². The fraction of sp³-hybridized carbons (Fsp3) is 0.462. The first-order valence-corrected chi connectivity index (χ1v) is 6.41. The van der Waals surface area contributed by atoms with Crippen molar-refractivity contribution in [2.45, 2.75) is 6.10 Å². The van der Waals surface area contributed by atoms with Gasteiger partial charge in [-0.05, 0) is 19.2 Å². The topological polar surface area (TPSA) is 84.7 Å². The molecule has 1 aliphatic rings. The molecular formula is C13H17N3O4. The number of carbonyl (C=O) groups excluding carboxylic acids is 1. The van der Waals surface area contributed by atoms with Crippen molar-refractivity contribution in [3.63, 3.8) is 0 Å². The number of hydrogen-bond acceptors (Lipinski definition) is 5. The van der Waals surface area contributed by atoms with Gasteiger partial charge in [-0.2, -0.15) is 0 Å². The molecule has 1 aliphatic heterocycles. The van der Waals surface area contributed by atoms with Crippen molar-refractivity contribution in [3.8, 4) is 0 Å². The number of rotatable bonds is 4. The van der Waals surface area contributed by atoms with Crippen molar-refractivity contribution in [1.29, 1.82) is 0 Å². The zero-order valence-electron chi connectivity index (χ0n) is 11.2. The molecule has 1 atom stereocenters. The van der Waals surface area contributed by atoms with Crippen LogP contribution in [0.15, 0.2) is 24.3 Å². The zero-order valence-corrected chi connectivity index (χ0v) is 11.2. The summed E-state index contributed by atoms with van der Waals surface area (Å²) in [4.78, 5) is 24.1. The molecule has 1 N–H and O–H groups in total. The largest absolute Gasteiger partial charge is 0.373 e. The zero-order chi connectivity index (χ0) is 14.5. The number of benzene rings is 1. The molecule has 0 bridgehead atoms. The highest BCUT2D eigenvalue weighted by Gasteiger charge is 2.24. The molecule has 1 aromatic carbocycles. The number of likely N-dealkylation sites (N-methyl/N-ethyl adjacent to an activating group) is 1. The van der Waals surface area contributed by atoms with Crippen LogP contribution in [0.4, 0.5) is 5.69 Å². The van der Waals surface area contributed by atoms with Gasteiger partial charge in [-0.3, -0.25) is 14.9 Å². The summed E-state index contributed by atoms with van der Waals surface area (Å²) in [6.45, 7) is 2.25. The minimum absolute atomic E-state index is 0.0170. The lowest BCUT2D eigenvalue weighted by Crippen LogP contribution is -2.48. The average molecular weight is 279 g/mol. The lowest BCUT2D eigenvalue weighted by molar-refractivity contribution is -0.384. The fourth-order valence-electron chi connectivity index (χ4n) is 2.16. The van der Waals surface area contributed by atoms with E-state index in [1.807, 2.05) is 7.05 Å². The predicted octanol–water partition coefficient (Wildman–Crippen LogP) is 0.655. The van der Waals surface area contributed by atoms with Crippen LogP contribution in [0.5, 0.6) is 0 Å². The normalized spacial score (nSPS) is 18.9. The van der Waals surface area contributed by atoms with E-state index in [1.165, 1.54) is 24.3 Å². The van der Waals surface area contributed by atoms with Crippen LogP contribution in [0.25, 0.3) is 0 Å². The van der Waals surface area contributed by atoms with Gasteiger partial charge in [0, 0.05) is 37.3 Å². The smallest absolute Gasteiger partial charge is 0.269 e. The van der Waals surface area contributed by atoms with Gasteiger partial charge in [-0.25, -0.2) is 0 Å². The van der Waals surface area contributed by atoms with E-state index in [1.54, 1.807) is 4.90 Å². The second kappa shape index (κ2) is 6.44. The van der Waals surface area contributed by atoms with Crippen molar-refractivity contribution in [2.75, 3.05) is 33.3 Å². The van der Waals surface area contributed by atoms with E-state index in [2.05, 4.69) is 5.32 Å². The van der Waals surface area contributed by atoms with Gasteiger partial charge >= 0.3 is 0 Å². The third-order valence-corrected chi connectivity index (χ3v) is 3.18. The Labute approximate surface area is 116 Å². The molecule has 2 rings (SSSR count). The van der Waals surface area contributed by atoms with E-state index in [4.69, 9.17) is 4.74 Å². The summed E-state index contributed by atoms with van der Waals surface area (Å²) in [6, 6.07) is 5.67. The van der Waals surface area contributed by atoms with E-state index in [0.717, 1.165) is 0 Å². The molecule has 1 heterocycles. The number of nitro benzene ring substituents is 1. The Hall–Kier alpha value is -1.99. The minimum Gasteiger partial charge on any atom is -0.373 e. The van der Waals surface area contributed by atoms with Crippen LogP contribution in [-0.2, 0) is 4.74 Å². The van der Waals surface area contributed by atoms with Crippen molar-refractivity contribution in [3.05, 3.63) is 39.9 Å². The quantitative estimate of drug-likeness (QED) is 0.646. The minimum atomic E-state index is -0.480. The highest BCUT2D eigenvalue weighted by Crippen LogP contribution is 2.15. The summed E-state index contributed by atoms with van der Waals surface area (Å²) < 4.78 is 5.54. The molecule has 7 heteroatoms. The predicted molar refractivity (Wildman–Crippen MR) is 72.7 cm³/mol. The molecule has 108 valence electrons. The van der Waals surface area contributed by atoms with Gasteiger partial charge < -0.3 is 15.0 Å².